The van der Waals surface area contributed by atoms with Crippen molar-refractivity contribution in [1.82, 2.24) is 9.78 Å². The lowest BCUT2D eigenvalue weighted by molar-refractivity contribution is 0.686. The maximum Gasteiger partial charge on any atom is 0.0679 e. The largest absolute Gasteiger partial charge is 0.378 e. The lowest BCUT2D eigenvalue weighted by atomic mass is 10.1. The van der Waals surface area contributed by atoms with Gasteiger partial charge in [0.25, 0.3) is 0 Å². The van der Waals surface area contributed by atoms with Crippen molar-refractivity contribution >= 4 is 5.69 Å². The quantitative estimate of drug-likeness (QED) is 0.760. The summed E-state index contributed by atoms with van der Waals surface area (Å²) in [6, 6.07) is 21.1. The van der Waals surface area contributed by atoms with E-state index in [-0.39, 0.29) is 6.04 Å². The molecule has 0 fully saturated rings. The predicted octanol–water partition coefficient (Wildman–Crippen LogP) is 4.10. The molecule has 2 aromatic carbocycles. The molecule has 0 spiro atoms. The molecule has 0 aliphatic heterocycles. The van der Waals surface area contributed by atoms with Gasteiger partial charge in [0.15, 0.2) is 0 Å². The number of hydrogen-bond acceptors (Lipinski definition) is 2. The van der Waals surface area contributed by atoms with E-state index < -0.39 is 0 Å². The Bertz CT molecular complexity index is 675. The zero-order valence-electron chi connectivity index (χ0n) is 12.1. The zero-order chi connectivity index (χ0) is 14.5. The lowest BCUT2D eigenvalue weighted by Crippen LogP contribution is -2.10. The fraction of sp³-hybridized carbons (Fsp3) is 0.167. The molecule has 0 amide bonds. The van der Waals surface area contributed by atoms with Crippen LogP contribution in [-0.2, 0) is 6.54 Å². The van der Waals surface area contributed by atoms with E-state index in [4.69, 9.17) is 0 Å². The third-order valence-corrected chi connectivity index (χ3v) is 3.58. The summed E-state index contributed by atoms with van der Waals surface area (Å²) in [5, 5.41) is 7.88. The summed E-state index contributed by atoms with van der Waals surface area (Å²) in [5.41, 5.74) is 3.68. The molecule has 0 saturated carbocycles. The minimum Gasteiger partial charge on any atom is -0.378 e. The Morgan fingerprint density at radius 2 is 1.76 bits per heavy atom. The van der Waals surface area contributed by atoms with Crippen LogP contribution < -0.4 is 5.32 Å². The molecule has 0 radical (unpaired) electrons. The lowest BCUT2D eigenvalue weighted by Gasteiger charge is -2.18. The van der Waals surface area contributed by atoms with Crippen molar-refractivity contribution in [3.8, 4) is 0 Å². The number of hydrogen-bond donors (Lipinski definition) is 1. The van der Waals surface area contributed by atoms with Crippen LogP contribution in [0.1, 0.15) is 24.1 Å². The van der Waals surface area contributed by atoms with Gasteiger partial charge < -0.3 is 5.32 Å². The highest BCUT2D eigenvalue weighted by Gasteiger charge is 2.08. The summed E-state index contributed by atoms with van der Waals surface area (Å²) in [5.74, 6) is 0. The summed E-state index contributed by atoms with van der Waals surface area (Å²) in [4.78, 5) is 0. The Morgan fingerprint density at radius 1 is 1.00 bits per heavy atom. The fourth-order valence-corrected chi connectivity index (χ4v) is 2.43. The predicted molar refractivity (Wildman–Crippen MR) is 86.3 cm³/mol. The fourth-order valence-electron chi connectivity index (χ4n) is 2.43. The molecule has 0 saturated heterocycles. The number of anilines is 1. The van der Waals surface area contributed by atoms with E-state index in [1.807, 2.05) is 29.2 Å². The SMILES string of the molecule is CC(Nc1ccccc1Cn1cccn1)c1ccccc1. The van der Waals surface area contributed by atoms with Crippen LogP contribution in [0.25, 0.3) is 0 Å². The molecule has 3 rings (SSSR count). The third-order valence-electron chi connectivity index (χ3n) is 3.58. The average Bonchev–Trinajstić information content (AvgIpc) is 3.03. The van der Waals surface area contributed by atoms with Gasteiger partial charge in [-0.2, -0.15) is 5.10 Å². The van der Waals surface area contributed by atoms with Crippen molar-refractivity contribution in [1.29, 1.82) is 0 Å². The number of aromatic nitrogens is 2. The number of rotatable bonds is 5. The van der Waals surface area contributed by atoms with Crippen LogP contribution in [0.5, 0.6) is 0 Å². The smallest absolute Gasteiger partial charge is 0.0679 e. The molecule has 3 nitrogen and oxygen atoms in total. The van der Waals surface area contributed by atoms with E-state index in [1.54, 1.807) is 0 Å². The van der Waals surface area contributed by atoms with Crippen molar-refractivity contribution in [3.63, 3.8) is 0 Å². The first-order chi connectivity index (χ1) is 10.3. The van der Waals surface area contributed by atoms with Gasteiger partial charge in [-0.1, -0.05) is 48.5 Å². The summed E-state index contributed by atoms with van der Waals surface area (Å²) < 4.78 is 1.94. The molecule has 3 heteroatoms. The molecule has 0 bridgehead atoms. The van der Waals surface area contributed by atoms with Crippen molar-refractivity contribution in [2.45, 2.75) is 19.5 Å². The van der Waals surface area contributed by atoms with Crippen LogP contribution in [0.4, 0.5) is 5.69 Å². The van der Waals surface area contributed by atoms with E-state index in [9.17, 15) is 0 Å². The number of benzene rings is 2. The third kappa shape index (κ3) is 3.31. The standard InChI is InChI=1S/C18H19N3/c1-15(16-8-3-2-4-9-16)20-18-11-6-5-10-17(18)14-21-13-7-12-19-21/h2-13,15,20H,14H2,1H3. The first-order valence-corrected chi connectivity index (χ1v) is 7.20. The first-order valence-electron chi connectivity index (χ1n) is 7.20. The Morgan fingerprint density at radius 3 is 2.52 bits per heavy atom. The molecule has 1 N–H and O–H groups in total. The maximum absolute atomic E-state index is 4.28. The minimum atomic E-state index is 0.268. The van der Waals surface area contributed by atoms with E-state index in [2.05, 4.69) is 65.9 Å². The van der Waals surface area contributed by atoms with Crippen LogP contribution in [0, 0.1) is 0 Å². The molecule has 0 aliphatic rings. The summed E-state index contributed by atoms with van der Waals surface area (Å²) in [6.45, 7) is 2.96. The molecule has 1 unspecified atom stereocenters. The van der Waals surface area contributed by atoms with Crippen LogP contribution in [0.2, 0.25) is 0 Å². The molecular formula is C18H19N3. The molecule has 21 heavy (non-hydrogen) atoms. The van der Waals surface area contributed by atoms with Crippen molar-refractivity contribution in [2.75, 3.05) is 5.32 Å². The molecule has 1 heterocycles. The molecule has 1 aromatic heterocycles. The normalized spacial score (nSPS) is 12.0. The van der Waals surface area contributed by atoms with Crippen molar-refractivity contribution in [2.24, 2.45) is 0 Å². The molecule has 106 valence electrons. The van der Waals surface area contributed by atoms with Gasteiger partial charge in [-0.3, -0.25) is 4.68 Å². The van der Waals surface area contributed by atoms with Gasteiger partial charge in [-0.25, -0.2) is 0 Å². The second-order valence-corrected chi connectivity index (χ2v) is 5.14. The maximum atomic E-state index is 4.28. The van der Waals surface area contributed by atoms with Crippen molar-refractivity contribution < 1.29 is 0 Å². The summed E-state index contributed by atoms with van der Waals surface area (Å²) >= 11 is 0. The highest BCUT2D eigenvalue weighted by atomic mass is 15.3. The first kappa shape index (κ1) is 13.4. The Labute approximate surface area is 125 Å². The Balaban J connectivity index is 1.79. The highest BCUT2D eigenvalue weighted by Crippen LogP contribution is 2.22. The number of nitrogens with one attached hydrogen (secondary N) is 1. The molecule has 3 aromatic rings. The van der Waals surface area contributed by atoms with Gasteiger partial charge in [0, 0.05) is 24.1 Å². The number of nitrogens with zero attached hydrogens (tertiary/aromatic N) is 2. The van der Waals surface area contributed by atoms with E-state index in [0.29, 0.717) is 0 Å². The van der Waals surface area contributed by atoms with Gasteiger partial charge in [0.05, 0.1) is 6.54 Å². The average molecular weight is 277 g/mol. The van der Waals surface area contributed by atoms with E-state index >= 15 is 0 Å². The van der Waals surface area contributed by atoms with Crippen LogP contribution in [0.15, 0.2) is 73.1 Å². The number of para-hydroxylation sites is 1. The topological polar surface area (TPSA) is 29.9 Å². The van der Waals surface area contributed by atoms with Crippen LogP contribution in [0.3, 0.4) is 0 Å². The Hall–Kier alpha value is -2.55. The van der Waals surface area contributed by atoms with Gasteiger partial charge in [0.2, 0.25) is 0 Å². The van der Waals surface area contributed by atoms with Crippen molar-refractivity contribution in [3.05, 3.63) is 84.2 Å². The van der Waals surface area contributed by atoms with Gasteiger partial charge in [-0.05, 0) is 30.2 Å². The van der Waals surface area contributed by atoms with Gasteiger partial charge >= 0.3 is 0 Å². The monoisotopic (exact) mass is 277 g/mol. The van der Waals surface area contributed by atoms with Crippen LogP contribution in [-0.4, -0.2) is 9.78 Å². The van der Waals surface area contributed by atoms with E-state index in [1.165, 1.54) is 11.1 Å². The molecule has 1 atom stereocenters. The summed E-state index contributed by atoms with van der Waals surface area (Å²) in [7, 11) is 0. The minimum absolute atomic E-state index is 0.268. The summed E-state index contributed by atoms with van der Waals surface area (Å²) in [6.07, 6.45) is 3.79. The van der Waals surface area contributed by atoms with Gasteiger partial charge in [-0.15, -0.1) is 0 Å². The Kier molecular flexibility index (Phi) is 4.01. The van der Waals surface area contributed by atoms with Gasteiger partial charge in [0.1, 0.15) is 0 Å². The van der Waals surface area contributed by atoms with Crippen LogP contribution >= 0.6 is 0 Å². The molecular weight excluding hydrogens is 258 g/mol. The van der Waals surface area contributed by atoms with E-state index in [0.717, 1.165) is 12.2 Å². The zero-order valence-corrected chi connectivity index (χ0v) is 12.1. The second-order valence-electron chi connectivity index (χ2n) is 5.14. The second kappa shape index (κ2) is 6.27. The highest BCUT2D eigenvalue weighted by molar-refractivity contribution is 5.52. The molecule has 0 aliphatic carbocycles.